The predicted molar refractivity (Wildman–Crippen MR) is 252 cm³/mol. The fourth-order valence-electron chi connectivity index (χ4n) is 7.61. The molecule has 10 nitrogen and oxygen atoms in total. The highest BCUT2D eigenvalue weighted by atomic mass is 31.2. The third-order valence-corrected chi connectivity index (χ3v) is 12.7. The Labute approximate surface area is 375 Å². The Kier molecular flexibility index (Phi) is 37.0. The van der Waals surface area contributed by atoms with Gasteiger partial charge in [0.2, 0.25) is 0 Å². The maximum atomic E-state index is 12.8. The highest BCUT2D eigenvalue weighted by Gasteiger charge is 2.36. The van der Waals surface area contributed by atoms with E-state index >= 15 is 0 Å². The lowest BCUT2D eigenvalue weighted by Gasteiger charge is -2.24. The van der Waals surface area contributed by atoms with E-state index in [0.29, 0.717) is 29.7 Å². The molecule has 0 saturated carbocycles. The van der Waals surface area contributed by atoms with Crippen LogP contribution >= 0.6 is 7.82 Å². The lowest BCUT2D eigenvalue weighted by molar-refractivity contribution is -0.870. The number of carbonyl (C=O) groups excluding carboxylic acids is 2. The lowest BCUT2D eigenvalue weighted by atomic mass is 10.0. The molecule has 1 rings (SSSR count). The minimum atomic E-state index is -4.38. The van der Waals surface area contributed by atoms with Crippen LogP contribution in [0.25, 0.3) is 0 Å². The first-order valence-electron chi connectivity index (χ1n) is 25.5. The van der Waals surface area contributed by atoms with Gasteiger partial charge in [-0.15, -0.1) is 0 Å². The van der Waals surface area contributed by atoms with Crippen LogP contribution in [0.4, 0.5) is 0 Å². The Morgan fingerprint density at radius 1 is 0.590 bits per heavy atom. The van der Waals surface area contributed by atoms with Gasteiger partial charge in [0.1, 0.15) is 19.8 Å². The van der Waals surface area contributed by atoms with Crippen molar-refractivity contribution in [3.63, 3.8) is 0 Å². The van der Waals surface area contributed by atoms with E-state index in [9.17, 15) is 19.0 Å². The zero-order valence-corrected chi connectivity index (χ0v) is 41.3. The summed E-state index contributed by atoms with van der Waals surface area (Å²) in [5.74, 6) is -0.809. The number of unbranched alkanes of at least 4 members (excludes halogenated alkanes) is 27. The Hall–Kier alpha value is -1.29. The highest BCUT2D eigenvalue weighted by Crippen LogP contribution is 2.43. The average molecular weight is 887 g/mol. The van der Waals surface area contributed by atoms with Crippen molar-refractivity contribution >= 4 is 19.8 Å². The quantitative estimate of drug-likeness (QED) is 0.0159. The van der Waals surface area contributed by atoms with Crippen molar-refractivity contribution in [2.24, 2.45) is 0 Å². The number of nitrogens with zero attached hydrogens (tertiary/aromatic N) is 1. The van der Waals surface area contributed by atoms with Crippen molar-refractivity contribution in [1.29, 1.82) is 0 Å². The van der Waals surface area contributed by atoms with E-state index in [2.05, 4.69) is 26.0 Å². The summed E-state index contributed by atoms with van der Waals surface area (Å²) in [6, 6.07) is 0. The van der Waals surface area contributed by atoms with Gasteiger partial charge in [-0.1, -0.05) is 193 Å². The van der Waals surface area contributed by atoms with Crippen molar-refractivity contribution in [3.05, 3.63) is 12.2 Å². The minimum Gasteiger partial charge on any atom is -0.462 e. The molecule has 0 aliphatic carbocycles. The van der Waals surface area contributed by atoms with Crippen molar-refractivity contribution in [2.45, 2.75) is 250 Å². The summed E-state index contributed by atoms with van der Waals surface area (Å²) >= 11 is 0. The molecule has 0 amide bonds. The van der Waals surface area contributed by atoms with Crippen molar-refractivity contribution in [2.75, 3.05) is 47.5 Å². The molecule has 4 atom stereocenters. The minimum absolute atomic E-state index is 0.0288. The van der Waals surface area contributed by atoms with Crippen molar-refractivity contribution in [3.8, 4) is 0 Å². The number of rotatable bonds is 46. The molecule has 1 aliphatic heterocycles. The molecule has 3 unspecified atom stereocenters. The second-order valence-corrected chi connectivity index (χ2v) is 20.4. The number of phosphoric ester groups is 1. The number of epoxide rings is 1. The summed E-state index contributed by atoms with van der Waals surface area (Å²) in [5, 5.41) is 0. The third-order valence-electron chi connectivity index (χ3n) is 11.7. The molecule has 1 fully saturated rings. The Morgan fingerprint density at radius 2 is 1.05 bits per heavy atom. The largest absolute Gasteiger partial charge is 0.472 e. The normalized spacial score (nSPS) is 16.8. The zero-order chi connectivity index (χ0) is 44.7. The second-order valence-electron chi connectivity index (χ2n) is 18.9. The van der Waals surface area contributed by atoms with E-state index in [0.717, 1.165) is 64.2 Å². The number of hydrogen-bond acceptors (Lipinski definition) is 8. The van der Waals surface area contributed by atoms with Gasteiger partial charge in [0.25, 0.3) is 0 Å². The number of esters is 2. The predicted octanol–water partition coefficient (Wildman–Crippen LogP) is 13.9. The van der Waals surface area contributed by atoms with E-state index in [-0.39, 0.29) is 32.0 Å². The monoisotopic (exact) mass is 887 g/mol. The Balaban J connectivity index is 2.19. The number of hydrogen-bond donors (Lipinski definition) is 1. The molecular formula is C50H97NO9P+. The fraction of sp³-hybridized carbons (Fsp3) is 0.920. The average Bonchev–Trinajstić information content (AvgIpc) is 3.97. The Morgan fingerprint density at radius 3 is 1.56 bits per heavy atom. The van der Waals surface area contributed by atoms with Crippen molar-refractivity contribution in [1.82, 2.24) is 0 Å². The first-order valence-corrected chi connectivity index (χ1v) is 27.0. The molecule has 0 aromatic heterocycles. The van der Waals surface area contributed by atoms with Crippen LogP contribution in [0.5, 0.6) is 0 Å². The summed E-state index contributed by atoms with van der Waals surface area (Å²) in [7, 11) is 1.47. The third kappa shape index (κ3) is 40.0. The topological polar surface area (TPSA) is 121 Å². The molecule has 0 aromatic rings. The molecular weight excluding hydrogens is 790 g/mol. The number of quaternary nitrogens is 1. The molecule has 61 heavy (non-hydrogen) atoms. The van der Waals surface area contributed by atoms with Crippen LogP contribution in [0.3, 0.4) is 0 Å². The van der Waals surface area contributed by atoms with Crippen LogP contribution in [0, 0.1) is 0 Å². The smallest absolute Gasteiger partial charge is 0.462 e. The number of phosphoric acid groups is 1. The number of allylic oxidation sites excluding steroid dienone is 1. The van der Waals surface area contributed by atoms with Crippen LogP contribution in [0.2, 0.25) is 0 Å². The van der Waals surface area contributed by atoms with Crippen LogP contribution in [-0.2, 0) is 37.4 Å². The van der Waals surface area contributed by atoms with Gasteiger partial charge in [0, 0.05) is 12.8 Å². The SMILES string of the molecule is CCCCC/C=C\CC1OC1CCCCCCCC(=O)O[C@H](COC(=O)CCCCCCCCCCCCCCCCCCCCCCC)COP(=O)(O)OCC[N+](C)(C)C. The highest BCUT2D eigenvalue weighted by molar-refractivity contribution is 7.47. The van der Waals surface area contributed by atoms with Crippen molar-refractivity contribution < 1.29 is 46.8 Å². The molecule has 0 bridgehead atoms. The van der Waals surface area contributed by atoms with Gasteiger partial charge in [-0.05, 0) is 38.5 Å². The molecule has 1 N–H and O–H groups in total. The summed E-state index contributed by atoms with van der Waals surface area (Å²) in [5.41, 5.74) is 0. The first kappa shape index (κ1) is 57.7. The van der Waals surface area contributed by atoms with Crippen LogP contribution < -0.4 is 0 Å². The van der Waals surface area contributed by atoms with Gasteiger partial charge < -0.3 is 23.6 Å². The van der Waals surface area contributed by atoms with E-state index in [4.69, 9.17) is 23.3 Å². The van der Waals surface area contributed by atoms with Gasteiger partial charge in [-0.3, -0.25) is 18.6 Å². The van der Waals surface area contributed by atoms with E-state index < -0.39 is 26.5 Å². The molecule has 11 heteroatoms. The van der Waals surface area contributed by atoms with Gasteiger partial charge >= 0.3 is 19.8 Å². The number of likely N-dealkylation sites (N-methyl/N-ethyl adjacent to an activating group) is 1. The second kappa shape index (κ2) is 39.1. The standard InChI is InChI=1S/C50H96NO9P/c1-6-8-10-12-14-15-16-17-18-19-20-21-22-23-24-25-26-27-28-32-36-40-49(52)56-44-46(45-58-61(54,55)57-43-42-51(3,4)5)59-50(53)41-37-33-29-31-35-39-48-47(60-48)38-34-30-13-11-9-7-2/h30,34,46-48H,6-29,31-33,35-45H2,1-5H3/p+1/b34-30-/t46-,47?,48?/m1/s1. The summed E-state index contributed by atoms with van der Waals surface area (Å²) < 4.78 is 40.3. The van der Waals surface area contributed by atoms with Gasteiger partial charge in [0.15, 0.2) is 6.10 Å². The number of carbonyl (C=O) groups is 2. The molecule has 0 radical (unpaired) electrons. The van der Waals surface area contributed by atoms with E-state index in [1.165, 1.54) is 135 Å². The molecule has 0 spiro atoms. The van der Waals surface area contributed by atoms with Gasteiger partial charge in [0.05, 0.1) is 40.0 Å². The van der Waals surface area contributed by atoms with Crippen LogP contribution in [0.15, 0.2) is 12.2 Å². The molecule has 1 heterocycles. The zero-order valence-electron chi connectivity index (χ0n) is 40.4. The molecule has 0 aromatic carbocycles. The maximum Gasteiger partial charge on any atom is 0.472 e. The van der Waals surface area contributed by atoms with E-state index in [1.54, 1.807) is 0 Å². The van der Waals surface area contributed by atoms with Gasteiger partial charge in [-0.2, -0.15) is 0 Å². The lowest BCUT2D eigenvalue weighted by Crippen LogP contribution is -2.37. The summed E-state index contributed by atoms with van der Waals surface area (Å²) in [6.07, 6.45) is 44.2. The molecule has 1 aliphatic rings. The van der Waals surface area contributed by atoms with E-state index in [1.807, 2.05) is 21.1 Å². The summed E-state index contributed by atoms with van der Waals surface area (Å²) in [6.45, 7) is 4.40. The van der Waals surface area contributed by atoms with Gasteiger partial charge in [-0.25, -0.2) is 4.57 Å². The van der Waals surface area contributed by atoms with Crippen LogP contribution in [-0.4, -0.2) is 87.1 Å². The number of ether oxygens (including phenoxy) is 3. The maximum absolute atomic E-state index is 12.8. The fourth-order valence-corrected chi connectivity index (χ4v) is 8.35. The summed E-state index contributed by atoms with van der Waals surface area (Å²) in [4.78, 5) is 35.6. The molecule has 360 valence electrons. The molecule has 1 saturated heterocycles. The first-order chi connectivity index (χ1) is 29.5. The van der Waals surface area contributed by atoms with Crippen LogP contribution in [0.1, 0.15) is 232 Å². The Bertz CT molecular complexity index is 1110.